The summed E-state index contributed by atoms with van der Waals surface area (Å²) in [7, 11) is 0. The van der Waals surface area contributed by atoms with Crippen LogP contribution >= 0.6 is 0 Å². The van der Waals surface area contributed by atoms with Crippen LogP contribution in [0.5, 0.6) is 0 Å². The summed E-state index contributed by atoms with van der Waals surface area (Å²) >= 11 is 0. The largest absolute Gasteiger partial charge is 0.417 e. The first-order valence-corrected chi connectivity index (χ1v) is 7.12. The number of nitriles is 1. The Morgan fingerprint density at radius 1 is 1.19 bits per heavy atom. The van der Waals surface area contributed by atoms with Crippen LogP contribution in [0.4, 0.5) is 18.9 Å². The molecule has 0 aliphatic heterocycles. The van der Waals surface area contributed by atoms with E-state index in [0.29, 0.717) is 11.6 Å². The lowest BCUT2D eigenvalue weighted by atomic mass is 10.0. The maximum absolute atomic E-state index is 12.9. The second kappa shape index (κ2) is 7.35. The molecule has 0 radical (unpaired) electrons. The summed E-state index contributed by atoms with van der Waals surface area (Å²) in [6.07, 6.45) is -1.47. The van der Waals surface area contributed by atoms with Gasteiger partial charge in [-0.3, -0.25) is 0 Å². The van der Waals surface area contributed by atoms with Crippen molar-refractivity contribution < 1.29 is 13.2 Å². The van der Waals surface area contributed by atoms with Gasteiger partial charge < -0.3 is 5.32 Å². The predicted octanol–water partition coefficient (Wildman–Crippen LogP) is 5.20. The first-order chi connectivity index (χ1) is 9.74. The molecule has 0 aliphatic rings. The Labute approximate surface area is 124 Å². The summed E-state index contributed by atoms with van der Waals surface area (Å²) < 4.78 is 38.6. The zero-order chi connectivity index (χ0) is 16.0. The van der Waals surface area contributed by atoms with E-state index in [4.69, 9.17) is 5.26 Å². The minimum Gasteiger partial charge on any atom is -0.383 e. The smallest absolute Gasteiger partial charge is 0.383 e. The molecule has 0 saturated heterocycles. The molecule has 1 aromatic rings. The van der Waals surface area contributed by atoms with Crippen LogP contribution in [0.2, 0.25) is 0 Å². The highest BCUT2D eigenvalue weighted by Crippen LogP contribution is 2.33. The lowest BCUT2D eigenvalue weighted by Crippen LogP contribution is -2.16. The van der Waals surface area contributed by atoms with Crippen LogP contribution in [0, 0.1) is 17.2 Å². The third kappa shape index (κ3) is 5.66. The maximum atomic E-state index is 12.9. The van der Waals surface area contributed by atoms with Crippen LogP contribution in [0.15, 0.2) is 18.2 Å². The van der Waals surface area contributed by atoms with Crippen molar-refractivity contribution in [3.05, 3.63) is 29.3 Å². The van der Waals surface area contributed by atoms with E-state index in [9.17, 15) is 13.2 Å². The number of hydrogen-bond donors (Lipinski definition) is 1. The van der Waals surface area contributed by atoms with Crippen LogP contribution < -0.4 is 5.32 Å². The van der Waals surface area contributed by atoms with Crippen molar-refractivity contribution in [1.29, 1.82) is 5.26 Å². The normalized spacial score (nSPS) is 13.0. The van der Waals surface area contributed by atoms with E-state index in [0.717, 1.165) is 25.3 Å². The first-order valence-electron chi connectivity index (χ1n) is 7.12. The Hall–Kier alpha value is -1.70. The van der Waals surface area contributed by atoms with Gasteiger partial charge in [0.2, 0.25) is 0 Å². The Balaban J connectivity index is 2.74. The summed E-state index contributed by atoms with van der Waals surface area (Å²) in [5, 5.41) is 11.8. The minimum absolute atomic E-state index is 0.0952. The highest BCUT2D eigenvalue weighted by molar-refractivity contribution is 5.53. The Kier molecular flexibility index (Phi) is 6.07. The molecule has 0 heterocycles. The molecule has 1 unspecified atom stereocenters. The van der Waals surface area contributed by atoms with Crippen LogP contribution in [0.3, 0.4) is 0 Å². The quantitative estimate of drug-likeness (QED) is 0.783. The average molecular weight is 298 g/mol. The molecule has 1 aromatic carbocycles. The van der Waals surface area contributed by atoms with Crippen molar-refractivity contribution in [1.82, 2.24) is 0 Å². The monoisotopic (exact) mass is 298 g/mol. The van der Waals surface area contributed by atoms with Crippen LogP contribution in [0.1, 0.15) is 51.2 Å². The molecule has 0 spiro atoms. The van der Waals surface area contributed by atoms with Gasteiger partial charge in [-0.1, -0.05) is 26.7 Å². The molecule has 2 nitrogen and oxygen atoms in total. The van der Waals surface area contributed by atoms with Crippen LogP contribution in [-0.4, -0.2) is 6.04 Å². The van der Waals surface area contributed by atoms with Gasteiger partial charge >= 0.3 is 6.18 Å². The summed E-state index contributed by atoms with van der Waals surface area (Å²) in [5.74, 6) is 0.629. The van der Waals surface area contributed by atoms with E-state index < -0.39 is 11.7 Å². The fraction of sp³-hybridized carbons (Fsp3) is 0.562. The number of anilines is 1. The van der Waals surface area contributed by atoms with E-state index in [1.165, 1.54) is 12.1 Å². The Bertz CT molecular complexity index is 501. The maximum Gasteiger partial charge on any atom is 0.417 e. The molecule has 0 fully saturated rings. The highest BCUT2D eigenvalue weighted by atomic mass is 19.4. The van der Waals surface area contributed by atoms with Crippen molar-refractivity contribution >= 4 is 5.69 Å². The standard InChI is InChI=1S/C16H21F3N2/c1-11(2)5-4-6-12(3)21-14-8-7-13(10-20)15(9-14)16(17,18)19/h7-9,11-12,21H,4-6H2,1-3H3. The van der Waals surface area contributed by atoms with E-state index >= 15 is 0 Å². The lowest BCUT2D eigenvalue weighted by molar-refractivity contribution is -0.137. The number of hydrogen-bond acceptors (Lipinski definition) is 2. The van der Waals surface area contributed by atoms with Gasteiger partial charge in [0.05, 0.1) is 17.2 Å². The summed E-state index contributed by atoms with van der Waals surface area (Å²) in [5.41, 5.74) is -0.830. The zero-order valence-electron chi connectivity index (χ0n) is 12.6. The van der Waals surface area contributed by atoms with Gasteiger partial charge in [0, 0.05) is 11.7 Å². The SMILES string of the molecule is CC(C)CCCC(C)Nc1ccc(C#N)c(C(F)(F)F)c1. The predicted molar refractivity (Wildman–Crippen MR) is 77.9 cm³/mol. The van der Waals surface area contributed by atoms with E-state index in [2.05, 4.69) is 19.2 Å². The third-order valence-corrected chi connectivity index (χ3v) is 3.28. The molecule has 116 valence electrons. The Morgan fingerprint density at radius 3 is 2.38 bits per heavy atom. The summed E-state index contributed by atoms with van der Waals surface area (Å²) in [4.78, 5) is 0. The molecule has 0 bridgehead atoms. The third-order valence-electron chi connectivity index (χ3n) is 3.28. The molecular formula is C16H21F3N2. The zero-order valence-corrected chi connectivity index (χ0v) is 12.6. The van der Waals surface area contributed by atoms with Crippen molar-refractivity contribution in [3.63, 3.8) is 0 Å². The highest BCUT2D eigenvalue weighted by Gasteiger charge is 2.33. The van der Waals surface area contributed by atoms with Crippen molar-refractivity contribution in [2.75, 3.05) is 5.32 Å². The topological polar surface area (TPSA) is 35.8 Å². The lowest BCUT2D eigenvalue weighted by Gasteiger charge is -2.17. The molecule has 1 rings (SSSR count). The van der Waals surface area contributed by atoms with Crippen LogP contribution in [-0.2, 0) is 6.18 Å². The Morgan fingerprint density at radius 2 is 1.86 bits per heavy atom. The van der Waals surface area contributed by atoms with Gasteiger partial charge in [0.15, 0.2) is 0 Å². The minimum atomic E-state index is -4.51. The van der Waals surface area contributed by atoms with E-state index in [1.807, 2.05) is 6.92 Å². The van der Waals surface area contributed by atoms with Gasteiger partial charge in [-0.15, -0.1) is 0 Å². The average Bonchev–Trinajstić information content (AvgIpc) is 2.37. The van der Waals surface area contributed by atoms with Crippen LogP contribution in [0.25, 0.3) is 0 Å². The van der Waals surface area contributed by atoms with Gasteiger partial charge in [-0.05, 0) is 37.5 Å². The fourth-order valence-electron chi connectivity index (χ4n) is 2.16. The molecule has 0 saturated carbocycles. The van der Waals surface area contributed by atoms with Gasteiger partial charge in [0.1, 0.15) is 0 Å². The van der Waals surface area contributed by atoms with Crippen molar-refractivity contribution in [3.8, 4) is 6.07 Å². The molecule has 1 N–H and O–H groups in total. The molecule has 0 aliphatic carbocycles. The molecule has 0 aromatic heterocycles. The fourth-order valence-corrected chi connectivity index (χ4v) is 2.16. The molecule has 0 amide bonds. The number of rotatable bonds is 6. The van der Waals surface area contributed by atoms with Gasteiger partial charge in [-0.2, -0.15) is 18.4 Å². The number of halogens is 3. The van der Waals surface area contributed by atoms with Gasteiger partial charge in [0.25, 0.3) is 0 Å². The first kappa shape index (κ1) is 17.4. The summed E-state index contributed by atoms with van der Waals surface area (Å²) in [6, 6.07) is 5.42. The molecule has 1 atom stereocenters. The van der Waals surface area contributed by atoms with E-state index in [1.54, 1.807) is 6.07 Å². The van der Waals surface area contributed by atoms with Crippen molar-refractivity contribution in [2.24, 2.45) is 5.92 Å². The number of nitrogens with zero attached hydrogens (tertiary/aromatic N) is 1. The number of nitrogens with one attached hydrogen (secondary N) is 1. The van der Waals surface area contributed by atoms with E-state index in [-0.39, 0.29) is 11.6 Å². The number of alkyl halides is 3. The molecular weight excluding hydrogens is 277 g/mol. The second-order valence-electron chi connectivity index (χ2n) is 5.74. The molecule has 21 heavy (non-hydrogen) atoms. The number of benzene rings is 1. The van der Waals surface area contributed by atoms with Gasteiger partial charge in [-0.25, -0.2) is 0 Å². The van der Waals surface area contributed by atoms with Crippen molar-refractivity contribution in [2.45, 2.75) is 52.3 Å². The summed E-state index contributed by atoms with van der Waals surface area (Å²) in [6.45, 7) is 6.24. The molecule has 5 heteroatoms. The second-order valence-corrected chi connectivity index (χ2v) is 5.74.